The Morgan fingerprint density at radius 1 is 1.29 bits per heavy atom. The van der Waals surface area contributed by atoms with Crippen molar-refractivity contribution in [2.24, 2.45) is 5.73 Å². The topological polar surface area (TPSA) is 46.3 Å². The van der Waals surface area contributed by atoms with Crippen molar-refractivity contribution in [1.82, 2.24) is 0 Å². The van der Waals surface area contributed by atoms with Gasteiger partial charge in [-0.15, -0.1) is 0 Å². The Morgan fingerprint density at radius 3 is 2.47 bits per heavy atom. The molecule has 3 nitrogen and oxygen atoms in total. The maximum Gasteiger partial charge on any atom is 0.418 e. The summed E-state index contributed by atoms with van der Waals surface area (Å²) in [6.07, 6.45) is -4.09. The fourth-order valence-corrected chi connectivity index (χ4v) is 1.89. The van der Waals surface area contributed by atoms with Crippen LogP contribution in [0.15, 0.2) is 24.3 Å². The minimum Gasteiger partial charge on any atom is -0.320 e. The predicted octanol–water partition coefficient (Wildman–Crippen LogP) is 1.77. The molecule has 1 fully saturated rings. The summed E-state index contributed by atoms with van der Waals surface area (Å²) < 4.78 is 38.3. The van der Waals surface area contributed by atoms with E-state index in [1.165, 1.54) is 18.2 Å². The van der Waals surface area contributed by atoms with Crippen molar-refractivity contribution in [3.05, 3.63) is 29.8 Å². The van der Waals surface area contributed by atoms with Gasteiger partial charge in [0.2, 0.25) is 5.91 Å². The number of rotatable bonds is 1. The van der Waals surface area contributed by atoms with E-state index in [1.807, 2.05) is 0 Å². The van der Waals surface area contributed by atoms with Crippen LogP contribution in [0.1, 0.15) is 12.0 Å². The third-order valence-corrected chi connectivity index (χ3v) is 2.75. The van der Waals surface area contributed by atoms with E-state index in [1.54, 1.807) is 0 Å². The van der Waals surface area contributed by atoms with Crippen LogP contribution in [0.5, 0.6) is 0 Å². The van der Waals surface area contributed by atoms with Gasteiger partial charge in [0.15, 0.2) is 0 Å². The lowest BCUT2D eigenvalue weighted by atomic mass is 10.1. The number of carbonyl (C=O) groups is 1. The smallest absolute Gasteiger partial charge is 0.320 e. The van der Waals surface area contributed by atoms with Crippen molar-refractivity contribution in [2.45, 2.75) is 18.6 Å². The number of alkyl halides is 3. The fraction of sp³-hybridized carbons (Fsp3) is 0.364. The Hall–Kier alpha value is -1.56. The highest BCUT2D eigenvalue weighted by atomic mass is 19.4. The van der Waals surface area contributed by atoms with E-state index in [4.69, 9.17) is 5.73 Å². The molecule has 2 N–H and O–H groups in total. The molecular weight excluding hydrogens is 233 g/mol. The van der Waals surface area contributed by atoms with Gasteiger partial charge in [0.05, 0.1) is 17.3 Å². The van der Waals surface area contributed by atoms with Crippen molar-refractivity contribution >= 4 is 11.6 Å². The van der Waals surface area contributed by atoms with Crippen LogP contribution in [0.2, 0.25) is 0 Å². The van der Waals surface area contributed by atoms with E-state index < -0.39 is 23.7 Å². The molecule has 1 saturated heterocycles. The molecule has 0 unspecified atom stereocenters. The maximum atomic E-state index is 12.8. The molecular formula is C11H11F3N2O. The zero-order chi connectivity index (χ0) is 12.6. The van der Waals surface area contributed by atoms with Gasteiger partial charge in [0, 0.05) is 6.54 Å². The van der Waals surface area contributed by atoms with Gasteiger partial charge in [-0.25, -0.2) is 0 Å². The third kappa shape index (κ3) is 2.12. The van der Waals surface area contributed by atoms with Crippen molar-refractivity contribution in [3.8, 4) is 0 Å². The van der Waals surface area contributed by atoms with Gasteiger partial charge in [0.25, 0.3) is 0 Å². The zero-order valence-electron chi connectivity index (χ0n) is 8.87. The van der Waals surface area contributed by atoms with E-state index in [-0.39, 0.29) is 12.2 Å². The van der Waals surface area contributed by atoms with Crippen LogP contribution >= 0.6 is 0 Å². The lowest BCUT2D eigenvalue weighted by Crippen LogP contribution is -2.35. The summed E-state index contributed by atoms with van der Waals surface area (Å²) in [7, 11) is 0. The Bertz CT molecular complexity index is 445. The molecule has 0 bridgehead atoms. The minimum absolute atomic E-state index is 0.113. The van der Waals surface area contributed by atoms with Crippen LogP contribution in [0.3, 0.4) is 0 Å². The van der Waals surface area contributed by atoms with Gasteiger partial charge in [-0.2, -0.15) is 13.2 Å². The average molecular weight is 244 g/mol. The van der Waals surface area contributed by atoms with Crippen molar-refractivity contribution in [3.63, 3.8) is 0 Å². The average Bonchev–Trinajstić information content (AvgIpc) is 2.59. The largest absolute Gasteiger partial charge is 0.418 e. The van der Waals surface area contributed by atoms with Crippen LogP contribution in [0.25, 0.3) is 0 Å². The van der Waals surface area contributed by atoms with Gasteiger partial charge in [-0.3, -0.25) is 4.79 Å². The standard InChI is InChI=1S/C11H11F3N2O/c12-11(13,14)7-3-1-2-4-9(7)16-6-5-8(15)10(16)17/h1-4,8H,5-6,15H2/t8-/m0/s1. The molecule has 1 aliphatic rings. The van der Waals surface area contributed by atoms with Gasteiger partial charge in [-0.05, 0) is 18.6 Å². The molecule has 2 rings (SSSR count). The van der Waals surface area contributed by atoms with Crippen LogP contribution in [-0.4, -0.2) is 18.5 Å². The zero-order valence-corrected chi connectivity index (χ0v) is 8.87. The van der Waals surface area contributed by atoms with E-state index in [0.717, 1.165) is 11.0 Å². The highest BCUT2D eigenvalue weighted by Crippen LogP contribution is 2.37. The van der Waals surface area contributed by atoms with Crippen LogP contribution in [0.4, 0.5) is 18.9 Å². The molecule has 1 aromatic rings. The highest BCUT2D eigenvalue weighted by Gasteiger charge is 2.38. The number of nitrogens with two attached hydrogens (primary N) is 1. The second-order valence-corrected chi connectivity index (χ2v) is 3.90. The summed E-state index contributed by atoms with van der Waals surface area (Å²) >= 11 is 0. The van der Waals surface area contributed by atoms with Crippen molar-refractivity contribution in [2.75, 3.05) is 11.4 Å². The van der Waals surface area contributed by atoms with E-state index in [9.17, 15) is 18.0 Å². The fourth-order valence-electron chi connectivity index (χ4n) is 1.89. The molecule has 1 heterocycles. The lowest BCUT2D eigenvalue weighted by molar-refractivity contribution is -0.137. The Balaban J connectivity index is 2.43. The summed E-state index contributed by atoms with van der Waals surface area (Å²) in [6.45, 7) is 0.229. The first-order valence-corrected chi connectivity index (χ1v) is 5.14. The minimum atomic E-state index is -4.47. The van der Waals surface area contributed by atoms with Crippen molar-refractivity contribution in [1.29, 1.82) is 0 Å². The number of hydrogen-bond donors (Lipinski definition) is 1. The molecule has 0 radical (unpaired) electrons. The van der Waals surface area contributed by atoms with Crippen LogP contribution in [-0.2, 0) is 11.0 Å². The Labute approximate surface area is 96.0 Å². The normalized spacial score (nSPS) is 21.1. The molecule has 17 heavy (non-hydrogen) atoms. The number of anilines is 1. The summed E-state index contributed by atoms with van der Waals surface area (Å²) in [5.41, 5.74) is 4.58. The predicted molar refractivity (Wildman–Crippen MR) is 56.4 cm³/mol. The molecule has 0 saturated carbocycles. The first-order chi connectivity index (χ1) is 7.91. The number of nitrogens with zero attached hydrogens (tertiary/aromatic N) is 1. The number of para-hydroxylation sites is 1. The first kappa shape index (κ1) is 11.9. The molecule has 1 amide bonds. The molecule has 1 aliphatic heterocycles. The monoisotopic (exact) mass is 244 g/mol. The number of halogens is 3. The third-order valence-electron chi connectivity index (χ3n) is 2.75. The highest BCUT2D eigenvalue weighted by molar-refractivity contribution is 5.99. The molecule has 1 atom stereocenters. The van der Waals surface area contributed by atoms with Gasteiger partial charge >= 0.3 is 6.18 Å². The lowest BCUT2D eigenvalue weighted by Gasteiger charge is -2.21. The molecule has 0 aromatic heterocycles. The number of hydrogen-bond acceptors (Lipinski definition) is 2. The van der Waals surface area contributed by atoms with Gasteiger partial charge in [0.1, 0.15) is 0 Å². The molecule has 0 spiro atoms. The molecule has 1 aromatic carbocycles. The summed E-state index contributed by atoms with van der Waals surface area (Å²) in [5.74, 6) is -0.457. The summed E-state index contributed by atoms with van der Waals surface area (Å²) in [5, 5.41) is 0. The number of benzene rings is 1. The first-order valence-electron chi connectivity index (χ1n) is 5.14. The van der Waals surface area contributed by atoms with Crippen LogP contribution < -0.4 is 10.6 Å². The second kappa shape index (κ2) is 4.03. The van der Waals surface area contributed by atoms with Gasteiger partial charge in [-0.1, -0.05) is 12.1 Å². The van der Waals surface area contributed by atoms with Gasteiger partial charge < -0.3 is 10.6 Å². The SMILES string of the molecule is N[C@H]1CCN(c2ccccc2C(F)(F)F)C1=O. The molecule has 92 valence electrons. The summed E-state index contributed by atoms with van der Waals surface area (Å²) in [6, 6.07) is 4.33. The summed E-state index contributed by atoms with van der Waals surface area (Å²) in [4.78, 5) is 12.7. The Morgan fingerprint density at radius 2 is 1.94 bits per heavy atom. The maximum absolute atomic E-state index is 12.8. The second-order valence-electron chi connectivity index (χ2n) is 3.90. The van der Waals surface area contributed by atoms with Crippen molar-refractivity contribution < 1.29 is 18.0 Å². The Kier molecular flexibility index (Phi) is 2.82. The van der Waals surface area contributed by atoms with E-state index in [2.05, 4.69) is 0 Å². The van der Waals surface area contributed by atoms with Crippen LogP contribution in [0, 0.1) is 0 Å². The van der Waals surface area contributed by atoms with E-state index >= 15 is 0 Å². The van der Waals surface area contributed by atoms with E-state index in [0.29, 0.717) is 6.42 Å². The molecule has 0 aliphatic carbocycles. The number of amides is 1. The number of carbonyl (C=O) groups excluding carboxylic acids is 1. The molecule has 6 heteroatoms. The quantitative estimate of drug-likeness (QED) is 0.818.